The third kappa shape index (κ3) is 7.20. The second-order valence-corrected chi connectivity index (χ2v) is 9.90. The number of esters is 2. The topological polar surface area (TPSA) is 71.1 Å². The van der Waals surface area contributed by atoms with E-state index in [9.17, 15) is 9.59 Å². The van der Waals surface area contributed by atoms with E-state index in [1.165, 1.54) is 7.11 Å². The molecule has 0 radical (unpaired) electrons. The van der Waals surface area contributed by atoms with Gasteiger partial charge in [-0.05, 0) is 64.2 Å². The number of carbonyl (C=O) groups is 2. The summed E-state index contributed by atoms with van der Waals surface area (Å²) in [6.45, 7) is 5.82. The molecule has 0 aliphatic heterocycles. The molecule has 1 unspecified atom stereocenters. The molecule has 33 heavy (non-hydrogen) atoms. The summed E-state index contributed by atoms with van der Waals surface area (Å²) in [7, 11) is 4.15. The van der Waals surface area contributed by atoms with Gasteiger partial charge in [-0.2, -0.15) is 0 Å². The quantitative estimate of drug-likeness (QED) is 0.425. The lowest BCUT2D eigenvalue weighted by Gasteiger charge is -2.30. The van der Waals surface area contributed by atoms with E-state index >= 15 is 0 Å². The standard InChI is InChI=1S/C26H33O6P/c1-26(2,3)32-24(27)18-10-12-19(13-11-18)31-22-14-20(21(29-4)15-23(22)33)25(28)30-16-17-8-6-5-7-9-17/h5-9,14-15,18-19H,10-13,16,33H2,1-4H3. The fourth-order valence-electron chi connectivity index (χ4n) is 3.79. The van der Waals surface area contributed by atoms with E-state index in [2.05, 4.69) is 9.24 Å². The van der Waals surface area contributed by atoms with Crippen molar-refractivity contribution in [2.75, 3.05) is 7.11 Å². The number of carbonyl (C=O) groups excluding carboxylic acids is 2. The van der Waals surface area contributed by atoms with Crippen molar-refractivity contribution in [1.29, 1.82) is 0 Å². The molecule has 1 atom stereocenters. The molecular formula is C26H33O6P. The van der Waals surface area contributed by atoms with Crippen molar-refractivity contribution in [2.24, 2.45) is 5.92 Å². The van der Waals surface area contributed by atoms with E-state index in [0.717, 1.165) is 23.7 Å². The van der Waals surface area contributed by atoms with Crippen molar-refractivity contribution in [3.63, 3.8) is 0 Å². The molecule has 1 fully saturated rings. The Morgan fingerprint density at radius 1 is 1.00 bits per heavy atom. The zero-order chi connectivity index (χ0) is 24.0. The zero-order valence-corrected chi connectivity index (χ0v) is 20.9. The van der Waals surface area contributed by atoms with Crippen LogP contribution in [0.4, 0.5) is 0 Å². The highest BCUT2D eigenvalue weighted by molar-refractivity contribution is 7.27. The Morgan fingerprint density at radius 2 is 1.67 bits per heavy atom. The Hall–Kier alpha value is -2.59. The first-order valence-electron chi connectivity index (χ1n) is 11.2. The summed E-state index contributed by atoms with van der Waals surface area (Å²) in [5, 5.41) is 0.792. The first-order chi connectivity index (χ1) is 15.7. The lowest BCUT2D eigenvalue weighted by Crippen LogP contribution is -2.33. The molecule has 1 aliphatic carbocycles. The van der Waals surface area contributed by atoms with Crippen LogP contribution in [-0.2, 0) is 20.9 Å². The van der Waals surface area contributed by atoms with Crippen LogP contribution in [0.5, 0.6) is 11.5 Å². The molecule has 0 bridgehead atoms. The predicted octanol–water partition coefficient (Wildman–Crippen LogP) is 4.83. The Kier molecular flexibility index (Phi) is 8.36. The van der Waals surface area contributed by atoms with Crippen molar-refractivity contribution in [2.45, 2.75) is 64.8 Å². The number of methoxy groups -OCH3 is 1. The molecule has 1 aliphatic rings. The Labute approximate surface area is 198 Å². The summed E-state index contributed by atoms with van der Waals surface area (Å²) in [5.41, 5.74) is 0.746. The van der Waals surface area contributed by atoms with Gasteiger partial charge >= 0.3 is 11.9 Å². The van der Waals surface area contributed by atoms with E-state index in [1.807, 2.05) is 51.1 Å². The monoisotopic (exact) mass is 472 g/mol. The molecule has 2 aromatic rings. The van der Waals surface area contributed by atoms with Crippen LogP contribution < -0.4 is 14.8 Å². The highest BCUT2D eigenvalue weighted by atomic mass is 31.0. The lowest BCUT2D eigenvalue weighted by molar-refractivity contribution is -0.161. The van der Waals surface area contributed by atoms with Crippen molar-refractivity contribution in [3.8, 4) is 11.5 Å². The summed E-state index contributed by atoms with van der Waals surface area (Å²) in [4.78, 5) is 25.1. The van der Waals surface area contributed by atoms with Crippen LogP contribution in [0.25, 0.3) is 0 Å². The fourth-order valence-corrected chi connectivity index (χ4v) is 4.09. The number of rotatable bonds is 7. The minimum absolute atomic E-state index is 0.0374. The molecule has 0 spiro atoms. The van der Waals surface area contributed by atoms with Crippen LogP contribution in [0.3, 0.4) is 0 Å². The van der Waals surface area contributed by atoms with Gasteiger partial charge in [-0.3, -0.25) is 4.79 Å². The number of benzene rings is 2. The second-order valence-electron chi connectivity index (χ2n) is 9.28. The average Bonchev–Trinajstić information content (AvgIpc) is 2.78. The third-order valence-electron chi connectivity index (χ3n) is 5.47. The molecular weight excluding hydrogens is 439 g/mol. The molecule has 0 saturated heterocycles. The zero-order valence-electron chi connectivity index (χ0n) is 19.8. The highest BCUT2D eigenvalue weighted by Gasteiger charge is 2.31. The first kappa shape index (κ1) is 25.0. The summed E-state index contributed by atoms with van der Waals surface area (Å²) >= 11 is 0. The Bertz CT molecular complexity index is 959. The molecule has 0 heterocycles. The molecule has 7 heteroatoms. The van der Waals surface area contributed by atoms with E-state index in [0.29, 0.717) is 29.9 Å². The van der Waals surface area contributed by atoms with Crippen LogP contribution >= 0.6 is 9.24 Å². The maximum atomic E-state index is 12.8. The number of ether oxygens (including phenoxy) is 4. The number of hydrogen-bond donors (Lipinski definition) is 0. The van der Waals surface area contributed by atoms with Crippen LogP contribution in [0, 0.1) is 5.92 Å². The van der Waals surface area contributed by atoms with Gasteiger partial charge in [-0.25, -0.2) is 4.79 Å². The summed E-state index contributed by atoms with van der Waals surface area (Å²) in [6, 6.07) is 12.9. The van der Waals surface area contributed by atoms with Gasteiger partial charge in [0, 0.05) is 5.30 Å². The molecule has 0 amide bonds. The van der Waals surface area contributed by atoms with Crippen LogP contribution in [-0.4, -0.2) is 30.8 Å². The maximum absolute atomic E-state index is 12.8. The van der Waals surface area contributed by atoms with Crippen LogP contribution in [0.1, 0.15) is 62.4 Å². The summed E-state index contributed by atoms with van der Waals surface area (Å²) in [6.07, 6.45) is 2.88. The SMILES string of the molecule is COc1cc(P)c(OC2CCC(C(=O)OC(C)(C)C)CC2)cc1C(=O)OCc1ccccc1. The fraction of sp³-hybridized carbons (Fsp3) is 0.462. The van der Waals surface area contributed by atoms with E-state index in [-0.39, 0.29) is 24.6 Å². The van der Waals surface area contributed by atoms with Gasteiger partial charge < -0.3 is 18.9 Å². The molecule has 0 N–H and O–H groups in total. The van der Waals surface area contributed by atoms with Gasteiger partial charge in [0.1, 0.15) is 29.3 Å². The molecule has 3 rings (SSSR count). The number of hydrogen-bond acceptors (Lipinski definition) is 6. The van der Waals surface area contributed by atoms with Crippen molar-refractivity contribution in [3.05, 3.63) is 53.6 Å². The third-order valence-corrected chi connectivity index (χ3v) is 5.92. The van der Waals surface area contributed by atoms with E-state index in [1.54, 1.807) is 12.1 Å². The second kappa shape index (κ2) is 11.0. The Morgan fingerprint density at radius 3 is 2.27 bits per heavy atom. The minimum Gasteiger partial charge on any atom is -0.496 e. The largest absolute Gasteiger partial charge is 0.496 e. The smallest absolute Gasteiger partial charge is 0.342 e. The molecule has 2 aromatic carbocycles. The van der Waals surface area contributed by atoms with Crippen molar-refractivity contribution >= 4 is 26.5 Å². The van der Waals surface area contributed by atoms with Crippen molar-refractivity contribution in [1.82, 2.24) is 0 Å². The van der Waals surface area contributed by atoms with Gasteiger partial charge in [0.05, 0.1) is 19.1 Å². The van der Waals surface area contributed by atoms with Crippen LogP contribution in [0.15, 0.2) is 42.5 Å². The van der Waals surface area contributed by atoms with Gasteiger partial charge in [-0.1, -0.05) is 30.3 Å². The first-order valence-corrected chi connectivity index (χ1v) is 11.8. The van der Waals surface area contributed by atoms with Gasteiger partial charge in [0.2, 0.25) is 0 Å². The highest BCUT2D eigenvalue weighted by Crippen LogP contribution is 2.31. The van der Waals surface area contributed by atoms with Gasteiger partial charge in [0.15, 0.2) is 0 Å². The van der Waals surface area contributed by atoms with Crippen molar-refractivity contribution < 1.29 is 28.5 Å². The predicted molar refractivity (Wildman–Crippen MR) is 130 cm³/mol. The van der Waals surface area contributed by atoms with Gasteiger partial charge in [-0.15, -0.1) is 9.24 Å². The molecule has 6 nitrogen and oxygen atoms in total. The van der Waals surface area contributed by atoms with Crippen LogP contribution in [0.2, 0.25) is 0 Å². The average molecular weight is 473 g/mol. The Balaban J connectivity index is 1.64. The normalized spacial score (nSPS) is 18.3. The summed E-state index contributed by atoms with van der Waals surface area (Å²) in [5.74, 6) is 0.311. The van der Waals surface area contributed by atoms with E-state index < -0.39 is 11.6 Å². The van der Waals surface area contributed by atoms with Gasteiger partial charge in [0.25, 0.3) is 0 Å². The molecule has 178 valence electrons. The summed E-state index contributed by atoms with van der Waals surface area (Å²) < 4.78 is 22.6. The molecule has 0 aromatic heterocycles. The molecule has 1 saturated carbocycles. The van der Waals surface area contributed by atoms with E-state index in [4.69, 9.17) is 18.9 Å². The minimum atomic E-state index is -0.479. The lowest BCUT2D eigenvalue weighted by atomic mass is 9.87. The maximum Gasteiger partial charge on any atom is 0.342 e.